The van der Waals surface area contributed by atoms with Gasteiger partial charge >= 0.3 is 0 Å². The van der Waals surface area contributed by atoms with Gasteiger partial charge in [0.15, 0.2) is 0 Å². The zero-order chi connectivity index (χ0) is 15.2. The van der Waals surface area contributed by atoms with E-state index in [1.165, 1.54) is 32.1 Å². The Balaban J connectivity index is 1.97. The molecule has 0 heterocycles. The lowest BCUT2D eigenvalue weighted by molar-refractivity contribution is -0.385. The molecule has 1 fully saturated rings. The number of benzene rings is 1. The van der Waals surface area contributed by atoms with E-state index >= 15 is 0 Å². The second-order valence-corrected chi connectivity index (χ2v) is 6.17. The molecule has 0 aliphatic heterocycles. The fourth-order valence-electron chi connectivity index (χ4n) is 3.39. The fraction of sp³-hybridized carbons (Fsp3) is 0.647. The maximum absolute atomic E-state index is 11.0. The van der Waals surface area contributed by atoms with Crippen LogP contribution in [0.15, 0.2) is 18.2 Å². The van der Waals surface area contributed by atoms with Gasteiger partial charge in [0.2, 0.25) is 0 Å². The van der Waals surface area contributed by atoms with Crippen molar-refractivity contribution in [2.75, 3.05) is 0 Å². The maximum atomic E-state index is 11.0. The zero-order valence-corrected chi connectivity index (χ0v) is 13.1. The molecular formula is C17H26N2O2. The minimum atomic E-state index is -0.294. The number of rotatable bonds is 6. The molecule has 1 unspecified atom stereocenters. The van der Waals surface area contributed by atoms with Crippen molar-refractivity contribution >= 4 is 5.69 Å². The first-order valence-corrected chi connectivity index (χ1v) is 8.09. The van der Waals surface area contributed by atoms with Gasteiger partial charge in [-0.05, 0) is 37.7 Å². The molecule has 0 amide bonds. The molecular weight excluding hydrogens is 264 g/mol. The van der Waals surface area contributed by atoms with Crippen molar-refractivity contribution in [2.24, 2.45) is 5.92 Å². The lowest BCUT2D eigenvalue weighted by Crippen LogP contribution is -2.36. The highest BCUT2D eigenvalue weighted by molar-refractivity contribution is 5.42. The van der Waals surface area contributed by atoms with Crippen LogP contribution in [-0.2, 0) is 6.54 Å². The second kappa shape index (κ2) is 7.55. The first-order chi connectivity index (χ1) is 10.1. The van der Waals surface area contributed by atoms with Crippen molar-refractivity contribution in [1.29, 1.82) is 0 Å². The fourth-order valence-corrected chi connectivity index (χ4v) is 3.39. The summed E-state index contributed by atoms with van der Waals surface area (Å²) < 4.78 is 0. The molecule has 1 aromatic carbocycles. The number of nitrogens with zero attached hydrogens (tertiary/aromatic N) is 1. The number of hydrogen-bond acceptors (Lipinski definition) is 3. The van der Waals surface area contributed by atoms with Crippen molar-refractivity contribution in [3.63, 3.8) is 0 Å². The van der Waals surface area contributed by atoms with Crippen LogP contribution >= 0.6 is 0 Å². The predicted molar refractivity (Wildman–Crippen MR) is 85.3 cm³/mol. The molecule has 1 N–H and O–H groups in total. The number of hydrogen-bond donors (Lipinski definition) is 1. The van der Waals surface area contributed by atoms with Gasteiger partial charge in [0.05, 0.1) is 4.92 Å². The van der Waals surface area contributed by atoms with Gasteiger partial charge in [-0.2, -0.15) is 0 Å². The van der Waals surface area contributed by atoms with Crippen LogP contribution in [0.1, 0.15) is 56.6 Å². The third-order valence-corrected chi connectivity index (χ3v) is 4.70. The van der Waals surface area contributed by atoms with Crippen molar-refractivity contribution in [3.05, 3.63) is 39.4 Å². The average Bonchev–Trinajstić information content (AvgIpc) is 2.50. The van der Waals surface area contributed by atoms with E-state index in [9.17, 15) is 10.1 Å². The van der Waals surface area contributed by atoms with Gasteiger partial charge in [0.1, 0.15) is 0 Å². The van der Waals surface area contributed by atoms with Gasteiger partial charge in [0, 0.05) is 24.2 Å². The summed E-state index contributed by atoms with van der Waals surface area (Å²) in [5, 5.41) is 14.6. The van der Waals surface area contributed by atoms with Crippen molar-refractivity contribution in [1.82, 2.24) is 5.32 Å². The van der Waals surface area contributed by atoms with Crippen LogP contribution in [0.3, 0.4) is 0 Å². The molecule has 116 valence electrons. The number of nitrogens with one attached hydrogen (secondary N) is 1. The van der Waals surface area contributed by atoms with E-state index in [-0.39, 0.29) is 10.6 Å². The third kappa shape index (κ3) is 4.27. The third-order valence-electron chi connectivity index (χ3n) is 4.70. The van der Waals surface area contributed by atoms with Crippen LogP contribution in [0.5, 0.6) is 0 Å². The molecule has 21 heavy (non-hydrogen) atoms. The molecule has 0 radical (unpaired) electrons. The number of nitro benzene ring substituents is 1. The molecule has 1 aromatic rings. The number of nitro groups is 1. The Labute approximate surface area is 127 Å². The summed E-state index contributed by atoms with van der Waals surface area (Å²) in [6.45, 7) is 4.73. The van der Waals surface area contributed by atoms with Gasteiger partial charge in [-0.1, -0.05) is 38.3 Å². The summed E-state index contributed by atoms with van der Waals surface area (Å²) in [7, 11) is 0. The highest BCUT2D eigenvalue weighted by Gasteiger charge is 2.22. The summed E-state index contributed by atoms with van der Waals surface area (Å²) in [6.07, 6.45) is 7.83. The molecule has 1 atom stereocenters. The standard InChI is InChI=1S/C17H26N2O2/c1-3-16(15-7-5-4-6-8-15)18-12-14-10-9-13(2)17(11-14)19(20)21/h9-11,15-16,18H,3-8,12H2,1-2H3. The quantitative estimate of drug-likeness (QED) is 0.626. The minimum absolute atomic E-state index is 0.222. The van der Waals surface area contributed by atoms with Crippen LogP contribution in [0.2, 0.25) is 0 Å². The molecule has 4 heteroatoms. The minimum Gasteiger partial charge on any atom is -0.310 e. The normalized spacial score (nSPS) is 17.6. The lowest BCUT2D eigenvalue weighted by atomic mass is 9.83. The van der Waals surface area contributed by atoms with Gasteiger partial charge in [0.25, 0.3) is 5.69 Å². The van der Waals surface area contributed by atoms with E-state index in [1.54, 1.807) is 13.0 Å². The van der Waals surface area contributed by atoms with Crippen LogP contribution < -0.4 is 5.32 Å². The maximum Gasteiger partial charge on any atom is 0.272 e. The molecule has 1 aliphatic rings. The van der Waals surface area contributed by atoms with Gasteiger partial charge in [-0.3, -0.25) is 10.1 Å². The monoisotopic (exact) mass is 290 g/mol. The lowest BCUT2D eigenvalue weighted by Gasteiger charge is -2.30. The largest absolute Gasteiger partial charge is 0.310 e. The Morgan fingerprint density at radius 2 is 2.05 bits per heavy atom. The van der Waals surface area contributed by atoms with Gasteiger partial charge in [-0.15, -0.1) is 0 Å². The Bertz CT molecular complexity index is 482. The summed E-state index contributed by atoms with van der Waals surface area (Å²) in [5.74, 6) is 0.768. The summed E-state index contributed by atoms with van der Waals surface area (Å²) in [4.78, 5) is 10.7. The average molecular weight is 290 g/mol. The van der Waals surface area contributed by atoms with E-state index in [1.807, 2.05) is 12.1 Å². The molecule has 0 bridgehead atoms. The molecule has 2 rings (SSSR count). The van der Waals surface area contributed by atoms with Crippen molar-refractivity contribution in [3.8, 4) is 0 Å². The van der Waals surface area contributed by atoms with Crippen LogP contribution in [0.25, 0.3) is 0 Å². The first-order valence-electron chi connectivity index (χ1n) is 8.09. The Morgan fingerprint density at radius 3 is 2.67 bits per heavy atom. The van der Waals surface area contributed by atoms with E-state index in [0.717, 1.165) is 30.0 Å². The Kier molecular flexibility index (Phi) is 5.74. The van der Waals surface area contributed by atoms with Gasteiger partial charge in [-0.25, -0.2) is 0 Å². The van der Waals surface area contributed by atoms with Crippen LogP contribution in [0, 0.1) is 23.0 Å². The van der Waals surface area contributed by atoms with Crippen molar-refractivity contribution in [2.45, 2.75) is 65.0 Å². The summed E-state index contributed by atoms with van der Waals surface area (Å²) >= 11 is 0. The first kappa shape index (κ1) is 16.0. The Hall–Kier alpha value is -1.42. The Morgan fingerprint density at radius 1 is 1.33 bits per heavy atom. The molecule has 1 aliphatic carbocycles. The SMILES string of the molecule is CCC(NCc1ccc(C)c([N+](=O)[O-])c1)C1CCCCC1. The second-order valence-electron chi connectivity index (χ2n) is 6.17. The van der Waals surface area contributed by atoms with E-state index in [0.29, 0.717) is 6.04 Å². The smallest absolute Gasteiger partial charge is 0.272 e. The summed E-state index contributed by atoms with van der Waals surface area (Å²) in [6, 6.07) is 6.07. The van der Waals surface area contributed by atoms with E-state index < -0.39 is 0 Å². The van der Waals surface area contributed by atoms with E-state index in [2.05, 4.69) is 12.2 Å². The van der Waals surface area contributed by atoms with Crippen LogP contribution in [0.4, 0.5) is 5.69 Å². The molecule has 0 aromatic heterocycles. The highest BCUT2D eigenvalue weighted by atomic mass is 16.6. The molecule has 0 saturated heterocycles. The van der Waals surface area contributed by atoms with Crippen LogP contribution in [-0.4, -0.2) is 11.0 Å². The topological polar surface area (TPSA) is 55.2 Å². The predicted octanol–water partition coefficient (Wildman–Crippen LogP) is 4.35. The van der Waals surface area contributed by atoms with E-state index in [4.69, 9.17) is 0 Å². The van der Waals surface area contributed by atoms with Gasteiger partial charge < -0.3 is 5.32 Å². The molecule has 1 saturated carbocycles. The number of aryl methyl sites for hydroxylation is 1. The van der Waals surface area contributed by atoms with Crippen molar-refractivity contribution < 1.29 is 4.92 Å². The summed E-state index contributed by atoms with van der Waals surface area (Å²) in [5.41, 5.74) is 1.95. The zero-order valence-electron chi connectivity index (χ0n) is 13.1. The molecule has 0 spiro atoms. The molecule has 4 nitrogen and oxygen atoms in total. The highest BCUT2D eigenvalue weighted by Crippen LogP contribution is 2.28.